The van der Waals surface area contributed by atoms with Crippen LogP contribution in [-0.2, 0) is 19.3 Å². The molecule has 0 saturated carbocycles. The van der Waals surface area contributed by atoms with E-state index in [2.05, 4.69) is 107 Å². The summed E-state index contributed by atoms with van der Waals surface area (Å²) in [5, 5.41) is 0. The van der Waals surface area contributed by atoms with E-state index >= 15 is 0 Å². The lowest BCUT2D eigenvalue weighted by molar-refractivity contribution is 0.217. The maximum Gasteiger partial charge on any atom is 0.0366 e. The van der Waals surface area contributed by atoms with Gasteiger partial charge in [-0.3, -0.25) is 0 Å². The molecule has 0 N–H and O–H groups in total. The molecule has 0 radical (unpaired) electrons. The van der Waals surface area contributed by atoms with Crippen molar-refractivity contribution in [3.8, 4) is 0 Å². The van der Waals surface area contributed by atoms with Gasteiger partial charge in [0.1, 0.15) is 0 Å². The fourth-order valence-corrected chi connectivity index (χ4v) is 5.04. The summed E-state index contributed by atoms with van der Waals surface area (Å²) in [5.41, 5.74) is 8.28. The lowest BCUT2D eigenvalue weighted by atomic mass is 9.93. The molecule has 0 bridgehead atoms. The van der Waals surface area contributed by atoms with Crippen LogP contribution in [0, 0.1) is 0 Å². The van der Waals surface area contributed by atoms with Crippen molar-refractivity contribution in [3.63, 3.8) is 0 Å². The molecular formula is C33H52N2. The number of rotatable bonds is 16. The Bertz CT molecular complexity index is 880. The number of hydrogen-bond acceptors (Lipinski definition) is 2. The van der Waals surface area contributed by atoms with Crippen LogP contribution in [0.4, 0.5) is 0 Å². The summed E-state index contributed by atoms with van der Waals surface area (Å²) in [6, 6.07) is 17.0. The highest BCUT2D eigenvalue weighted by atomic mass is 15.1. The van der Waals surface area contributed by atoms with E-state index in [1.807, 2.05) is 0 Å². The van der Waals surface area contributed by atoms with Gasteiger partial charge in [0.05, 0.1) is 0 Å². The molecular weight excluding hydrogens is 424 g/mol. The van der Waals surface area contributed by atoms with Gasteiger partial charge in [0, 0.05) is 31.4 Å². The molecule has 2 heteroatoms. The molecule has 0 spiro atoms. The minimum absolute atomic E-state index is 0.542. The number of likely N-dealkylation sites (N-methyl/N-ethyl adjacent to an activating group) is 1. The average molecular weight is 477 g/mol. The minimum atomic E-state index is 0.542. The van der Waals surface area contributed by atoms with Crippen molar-refractivity contribution in [2.75, 3.05) is 26.2 Å². The Labute approximate surface area is 217 Å². The van der Waals surface area contributed by atoms with Gasteiger partial charge in [0.25, 0.3) is 0 Å². The molecule has 0 saturated heterocycles. The number of nitrogens with zero attached hydrogens (tertiary/aromatic N) is 2. The predicted octanol–water partition coefficient (Wildman–Crippen LogP) is 8.35. The van der Waals surface area contributed by atoms with E-state index in [1.165, 1.54) is 39.9 Å². The summed E-state index contributed by atoms with van der Waals surface area (Å²) in [6.45, 7) is 24.9. The molecule has 35 heavy (non-hydrogen) atoms. The van der Waals surface area contributed by atoms with E-state index in [4.69, 9.17) is 0 Å². The van der Waals surface area contributed by atoms with Gasteiger partial charge in [-0.05, 0) is 91.8 Å². The molecule has 194 valence electrons. The van der Waals surface area contributed by atoms with E-state index in [1.54, 1.807) is 0 Å². The van der Waals surface area contributed by atoms with E-state index < -0.39 is 0 Å². The molecule has 0 amide bonds. The SMILES string of the molecule is C=C(c1ccc(CC)c(C(C)C)c1)N(CCC)CCCc1ccc(CCN(CC)C(C)CC)cc1. The molecule has 1 atom stereocenters. The van der Waals surface area contributed by atoms with Crippen LogP contribution in [0.2, 0.25) is 0 Å². The normalized spacial score (nSPS) is 12.4. The minimum Gasteiger partial charge on any atom is -0.372 e. The number of benzene rings is 2. The topological polar surface area (TPSA) is 6.48 Å². The van der Waals surface area contributed by atoms with E-state index in [0.29, 0.717) is 12.0 Å². The first-order valence-corrected chi connectivity index (χ1v) is 14.2. The van der Waals surface area contributed by atoms with Crippen molar-refractivity contribution in [2.24, 2.45) is 0 Å². The third-order valence-corrected chi connectivity index (χ3v) is 7.58. The van der Waals surface area contributed by atoms with Crippen LogP contribution in [0.5, 0.6) is 0 Å². The Morgan fingerprint density at radius 3 is 2.03 bits per heavy atom. The zero-order valence-electron chi connectivity index (χ0n) is 23.9. The molecule has 2 aromatic rings. The zero-order chi connectivity index (χ0) is 25.8. The lowest BCUT2D eigenvalue weighted by Gasteiger charge is -2.27. The fraction of sp³-hybridized carbons (Fsp3) is 0.576. The molecule has 0 aliphatic rings. The van der Waals surface area contributed by atoms with Gasteiger partial charge in [0.15, 0.2) is 0 Å². The highest BCUT2D eigenvalue weighted by Gasteiger charge is 2.13. The largest absolute Gasteiger partial charge is 0.372 e. The Kier molecular flexibility index (Phi) is 12.6. The van der Waals surface area contributed by atoms with Gasteiger partial charge in [-0.15, -0.1) is 0 Å². The van der Waals surface area contributed by atoms with Crippen molar-refractivity contribution in [1.29, 1.82) is 0 Å². The van der Waals surface area contributed by atoms with Crippen LogP contribution in [0.15, 0.2) is 49.0 Å². The third-order valence-electron chi connectivity index (χ3n) is 7.58. The molecule has 1 unspecified atom stereocenters. The monoisotopic (exact) mass is 476 g/mol. The third kappa shape index (κ3) is 8.83. The molecule has 0 aromatic heterocycles. The number of aryl methyl sites for hydroxylation is 2. The Morgan fingerprint density at radius 2 is 1.49 bits per heavy atom. The van der Waals surface area contributed by atoms with E-state index in [0.717, 1.165) is 58.3 Å². The fourth-order valence-electron chi connectivity index (χ4n) is 5.04. The molecule has 0 heterocycles. The predicted molar refractivity (Wildman–Crippen MR) is 156 cm³/mol. The van der Waals surface area contributed by atoms with Crippen LogP contribution in [0.1, 0.15) is 101 Å². The van der Waals surface area contributed by atoms with Crippen LogP contribution >= 0.6 is 0 Å². The molecule has 2 aromatic carbocycles. The Morgan fingerprint density at radius 1 is 0.829 bits per heavy atom. The van der Waals surface area contributed by atoms with Crippen LogP contribution in [0.25, 0.3) is 5.70 Å². The second-order valence-electron chi connectivity index (χ2n) is 10.4. The summed E-state index contributed by atoms with van der Waals surface area (Å²) >= 11 is 0. The van der Waals surface area contributed by atoms with Crippen molar-refractivity contribution < 1.29 is 0 Å². The summed E-state index contributed by atoms with van der Waals surface area (Å²) in [6.07, 6.45) is 6.86. The lowest BCUT2D eigenvalue weighted by Crippen LogP contribution is -2.34. The van der Waals surface area contributed by atoms with Crippen molar-refractivity contribution in [3.05, 3.63) is 76.9 Å². The summed E-state index contributed by atoms with van der Waals surface area (Å²) in [5.74, 6) is 0.542. The summed E-state index contributed by atoms with van der Waals surface area (Å²) < 4.78 is 0. The van der Waals surface area contributed by atoms with Crippen molar-refractivity contribution in [2.45, 2.75) is 99.0 Å². The maximum atomic E-state index is 4.52. The summed E-state index contributed by atoms with van der Waals surface area (Å²) in [4.78, 5) is 5.08. The maximum absolute atomic E-state index is 4.52. The van der Waals surface area contributed by atoms with E-state index in [9.17, 15) is 0 Å². The van der Waals surface area contributed by atoms with Crippen LogP contribution in [-0.4, -0.2) is 42.0 Å². The molecule has 2 nitrogen and oxygen atoms in total. The van der Waals surface area contributed by atoms with Crippen molar-refractivity contribution in [1.82, 2.24) is 9.80 Å². The molecule has 0 aliphatic heterocycles. The second-order valence-corrected chi connectivity index (χ2v) is 10.4. The first kappa shape index (κ1) is 29.2. The quantitative estimate of drug-likeness (QED) is 0.240. The standard InChI is InChI=1S/C33H52N2/c1-9-22-35(28(8)32-20-19-31(11-3)33(25-32)26(5)6)23-13-14-29-15-17-30(18-16-29)21-24-34(12-4)27(7)10-2/h15-20,25-27H,8-14,21-24H2,1-7H3. The Balaban J connectivity index is 1.94. The highest BCUT2D eigenvalue weighted by Crippen LogP contribution is 2.26. The van der Waals surface area contributed by atoms with Gasteiger partial charge < -0.3 is 9.80 Å². The first-order chi connectivity index (χ1) is 16.8. The first-order valence-electron chi connectivity index (χ1n) is 14.2. The molecule has 0 fully saturated rings. The van der Waals surface area contributed by atoms with Gasteiger partial charge in [-0.1, -0.05) is 84.5 Å². The van der Waals surface area contributed by atoms with Crippen LogP contribution in [0.3, 0.4) is 0 Å². The Hall–Kier alpha value is -2.06. The molecule has 2 rings (SSSR count). The van der Waals surface area contributed by atoms with E-state index in [-0.39, 0.29) is 0 Å². The van der Waals surface area contributed by atoms with Gasteiger partial charge in [-0.2, -0.15) is 0 Å². The van der Waals surface area contributed by atoms with Gasteiger partial charge in [0.2, 0.25) is 0 Å². The smallest absolute Gasteiger partial charge is 0.0366 e. The second kappa shape index (κ2) is 15.1. The molecule has 0 aliphatic carbocycles. The van der Waals surface area contributed by atoms with Crippen LogP contribution < -0.4 is 0 Å². The van der Waals surface area contributed by atoms with Gasteiger partial charge in [-0.25, -0.2) is 0 Å². The average Bonchev–Trinajstić information content (AvgIpc) is 2.88. The van der Waals surface area contributed by atoms with Gasteiger partial charge >= 0.3 is 0 Å². The zero-order valence-corrected chi connectivity index (χ0v) is 23.9. The number of hydrogen-bond donors (Lipinski definition) is 0. The summed E-state index contributed by atoms with van der Waals surface area (Å²) in [7, 11) is 0. The highest BCUT2D eigenvalue weighted by molar-refractivity contribution is 5.63. The van der Waals surface area contributed by atoms with Crippen molar-refractivity contribution >= 4 is 5.70 Å².